The first-order chi connectivity index (χ1) is 10.7. The molecule has 1 aromatic carbocycles. The van der Waals surface area contributed by atoms with Gasteiger partial charge in [0, 0.05) is 25.9 Å². The van der Waals surface area contributed by atoms with Gasteiger partial charge in [-0.2, -0.15) is 10.5 Å². The zero-order chi connectivity index (χ0) is 15.8. The molecule has 0 spiro atoms. The van der Waals surface area contributed by atoms with Gasteiger partial charge in [-0.1, -0.05) is 12.1 Å². The van der Waals surface area contributed by atoms with Crippen LogP contribution in [0.5, 0.6) is 0 Å². The summed E-state index contributed by atoms with van der Waals surface area (Å²) in [7, 11) is 0. The molecule has 0 unspecified atom stereocenters. The number of carbonyl (C=O) groups excluding carboxylic acids is 1. The number of thiazole rings is 1. The van der Waals surface area contributed by atoms with Gasteiger partial charge in [0.1, 0.15) is 0 Å². The van der Waals surface area contributed by atoms with Crippen molar-refractivity contribution in [1.82, 2.24) is 9.88 Å². The molecule has 6 heteroatoms. The van der Waals surface area contributed by atoms with Gasteiger partial charge in [0.05, 0.1) is 40.2 Å². The fraction of sp³-hybridized carbons (Fsp3) is 0.375. The van der Waals surface area contributed by atoms with Gasteiger partial charge in [0.2, 0.25) is 5.91 Å². The van der Waals surface area contributed by atoms with Crippen molar-refractivity contribution >= 4 is 27.5 Å². The second-order valence-corrected chi connectivity index (χ2v) is 5.89. The van der Waals surface area contributed by atoms with E-state index in [1.807, 2.05) is 36.4 Å². The molecule has 0 bridgehead atoms. The Morgan fingerprint density at radius 3 is 2.50 bits per heavy atom. The topological polar surface area (TPSA) is 80.8 Å². The highest BCUT2D eigenvalue weighted by Gasteiger charge is 2.14. The minimum absolute atomic E-state index is 0.0234. The predicted molar refractivity (Wildman–Crippen MR) is 85.0 cm³/mol. The van der Waals surface area contributed by atoms with Crippen LogP contribution in [0, 0.1) is 22.7 Å². The summed E-state index contributed by atoms with van der Waals surface area (Å²) in [6.07, 6.45) is 1.53. The largest absolute Gasteiger partial charge is 0.341 e. The normalized spacial score (nSPS) is 10.1. The van der Waals surface area contributed by atoms with Gasteiger partial charge in [-0.25, -0.2) is 4.98 Å². The number of amides is 1. The summed E-state index contributed by atoms with van der Waals surface area (Å²) in [6.45, 7) is 0.772. The van der Waals surface area contributed by atoms with Crippen LogP contribution in [0.2, 0.25) is 0 Å². The molecule has 0 aliphatic carbocycles. The third-order valence-corrected chi connectivity index (χ3v) is 4.33. The Labute approximate surface area is 133 Å². The summed E-state index contributed by atoms with van der Waals surface area (Å²) >= 11 is 1.60. The summed E-state index contributed by atoms with van der Waals surface area (Å²) in [5.41, 5.74) is 0.959. The average molecular weight is 312 g/mol. The van der Waals surface area contributed by atoms with Crippen LogP contribution in [0.3, 0.4) is 0 Å². The Morgan fingerprint density at radius 1 is 1.18 bits per heavy atom. The molecule has 0 saturated carbocycles. The molecule has 0 atom stereocenters. The Morgan fingerprint density at radius 2 is 1.86 bits per heavy atom. The maximum Gasteiger partial charge on any atom is 0.223 e. The molecular formula is C16H16N4OS. The van der Waals surface area contributed by atoms with Crippen LogP contribution in [0.4, 0.5) is 0 Å². The fourth-order valence-corrected chi connectivity index (χ4v) is 3.10. The predicted octanol–water partition coefficient (Wildman–Crippen LogP) is 2.88. The van der Waals surface area contributed by atoms with Crippen LogP contribution in [-0.2, 0) is 11.2 Å². The summed E-state index contributed by atoms with van der Waals surface area (Å²) in [5, 5.41) is 18.2. The van der Waals surface area contributed by atoms with Crippen LogP contribution in [0.15, 0.2) is 24.3 Å². The molecule has 2 aromatic rings. The molecule has 22 heavy (non-hydrogen) atoms. The molecule has 1 heterocycles. The fourth-order valence-electron chi connectivity index (χ4n) is 2.13. The third kappa shape index (κ3) is 4.28. The van der Waals surface area contributed by atoms with Crippen molar-refractivity contribution in [3.05, 3.63) is 29.3 Å². The smallest absolute Gasteiger partial charge is 0.223 e. The van der Waals surface area contributed by atoms with Crippen molar-refractivity contribution in [1.29, 1.82) is 10.5 Å². The molecule has 5 nitrogen and oxygen atoms in total. The number of benzene rings is 1. The highest BCUT2D eigenvalue weighted by molar-refractivity contribution is 7.18. The second kappa shape index (κ2) is 8.11. The van der Waals surface area contributed by atoms with Gasteiger partial charge in [-0.05, 0) is 12.1 Å². The first kappa shape index (κ1) is 15.9. The van der Waals surface area contributed by atoms with E-state index in [0.717, 1.165) is 15.2 Å². The molecule has 0 radical (unpaired) electrons. The number of carbonyl (C=O) groups is 1. The van der Waals surface area contributed by atoms with Crippen molar-refractivity contribution < 1.29 is 4.79 Å². The van der Waals surface area contributed by atoms with Crippen molar-refractivity contribution in [3.8, 4) is 12.1 Å². The SMILES string of the molecule is N#CCCN(CCC#N)C(=O)CCc1nc2ccccc2s1. The van der Waals surface area contributed by atoms with E-state index in [1.54, 1.807) is 16.2 Å². The number of hydrogen-bond donors (Lipinski definition) is 0. The van der Waals surface area contributed by atoms with E-state index >= 15 is 0 Å². The molecular weight excluding hydrogens is 296 g/mol. The van der Waals surface area contributed by atoms with Crippen molar-refractivity contribution in [2.24, 2.45) is 0 Å². The quantitative estimate of drug-likeness (QED) is 0.787. The lowest BCUT2D eigenvalue weighted by atomic mass is 10.2. The molecule has 1 aromatic heterocycles. The minimum Gasteiger partial charge on any atom is -0.341 e. The van der Waals surface area contributed by atoms with Crippen molar-refractivity contribution in [2.75, 3.05) is 13.1 Å². The standard InChI is InChI=1S/C16H16N4OS/c17-9-3-11-20(12-4-10-18)16(21)8-7-15-19-13-5-1-2-6-14(13)22-15/h1-2,5-6H,3-4,7-8,11-12H2. The monoisotopic (exact) mass is 312 g/mol. The van der Waals surface area contributed by atoms with E-state index in [2.05, 4.69) is 4.98 Å². The van der Waals surface area contributed by atoms with Crippen molar-refractivity contribution in [2.45, 2.75) is 25.7 Å². The van der Waals surface area contributed by atoms with Gasteiger partial charge >= 0.3 is 0 Å². The summed E-state index contributed by atoms with van der Waals surface area (Å²) < 4.78 is 1.12. The number of fused-ring (bicyclic) bond motifs is 1. The summed E-state index contributed by atoms with van der Waals surface area (Å²) in [5.74, 6) is -0.0234. The molecule has 0 fully saturated rings. The maximum absolute atomic E-state index is 12.2. The van der Waals surface area contributed by atoms with E-state index in [4.69, 9.17) is 10.5 Å². The molecule has 112 valence electrons. The van der Waals surface area contributed by atoms with Crippen LogP contribution in [-0.4, -0.2) is 28.9 Å². The molecule has 0 aliphatic rings. The van der Waals surface area contributed by atoms with E-state index in [0.29, 0.717) is 25.9 Å². The highest BCUT2D eigenvalue weighted by Crippen LogP contribution is 2.22. The number of aryl methyl sites for hydroxylation is 1. The van der Waals surface area contributed by atoms with Crippen LogP contribution in [0.25, 0.3) is 10.2 Å². The van der Waals surface area contributed by atoms with E-state index < -0.39 is 0 Å². The maximum atomic E-state index is 12.2. The Balaban J connectivity index is 1.94. The second-order valence-electron chi connectivity index (χ2n) is 4.77. The molecule has 2 rings (SSSR count). The lowest BCUT2D eigenvalue weighted by Crippen LogP contribution is -2.32. The first-order valence-electron chi connectivity index (χ1n) is 7.10. The van der Waals surface area contributed by atoms with Crippen LogP contribution in [0.1, 0.15) is 24.3 Å². The van der Waals surface area contributed by atoms with Gasteiger partial charge < -0.3 is 4.90 Å². The average Bonchev–Trinajstić information content (AvgIpc) is 2.95. The van der Waals surface area contributed by atoms with E-state index in [1.165, 1.54) is 0 Å². The number of hydrogen-bond acceptors (Lipinski definition) is 5. The van der Waals surface area contributed by atoms with Crippen molar-refractivity contribution in [3.63, 3.8) is 0 Å². The third-order valence-electron chi connectivity index (χ3n) is 3.23. The highest BCUT2D eigenvalue weighted by atomic mass is 32.1. The lowest BCUT2D eigenvalue weighted by molar-refractivity contribution is -0.131. The molecule has 0 saturated heterocycles. The minimum atomic E-state index is -0.0234. The number of rotatable bonds is 7. The Kier molecular flexibility index (Phi) is 5.88. The van der Waals surface area contributed by atoms with Gasteiger partial charge in [-0.3, -0.25) is 4.79 Å². The zero-order valence-electron chi connectivity index (χ0n) is 12.2. The number of nitrogens with zero attached hydrogens (tertiary/aromatic N) is 4. The van der Waals surface area contributed by atoms with E-state index in [9.17, 15) is 4.79 Å². The Bertz CT molecular complexity index is 675. The Hall–Kier alpha value is -2.44. The molecule has 0 aliphatic heterocycles. The van der Waals surface area contributed by atoms with Gasteiger partial charge in [-0.15, -0.1) is 11.3 Å². The molecule has 0 N–H and O–H groups in total. The van der Waals surface area contributed by atoms with Gasteiger partial charge in [0.25, 0.3) is 0 Å². The summed E-state index contributed by atoms with van der Waals surface area (Å²) in [4.78, 5) is 18.3. The lowest BCUT2D eigenvalue weighted by Gasteiger charge is -2.20. The van der Waals surface area contributed by atoms with Crippen LogP contribution < -0.4 is 0 Å². The van der Waals surface area contributed by atoms with Crippen LogP contribution >= 0.6 is 11.3 Å². The molecule has 1 amide bonds. The summed E-state index contributed by atoms with van der Waals surface area (Å²) in [6, 6.07) is 12.0. The zero-order valence-corrected chi connectivity index (χ0v) is 13.0. The van der Waals surface area contributed by atoms with E-state index in [-0.39, 0.29) is 18.7 Å². The first-order valence-corrected chi connectivity index (χ1v) is 7.92. The number of nitriles is 2. The number of para-hydroxylation sites is 1. The number of aromatic nitrogens is 1. The van der Waals surface area contributed by atoms with Gasteiger partial charge in [0.15, 0.2) is 0 Å².